The van der Waals surface area contributed by atoms with Crippen molar-refractivity contribution in [3.63, 3.8) is 0 Å². The molecule has 0 aliphatic heterocycles. The van der Waals surface area contributed by atoms with E-state index in [1.165, 1.54) is 33.3 Å². The predicted octanol–water partition coefficient (Wildman–Crippen LogP) is 3.77. The minimum absolute atomic E-state index is 0.569. The van der Waals surface area contributed by atoms with Crippen molar-refractivity contribution >= 4 is 10.9 Å². The number of nitrogens with two attached hydrogens (primary N) is 1. The van der Waals surface area contributed by atoms with Crippen molar-refractivity contribution in [2.24, 2.45) is 5.73 Å². The lowest BCUT2D eigenvalue weighted by Gasteiger charge is -2.11. The molecule has 0 saturated carbocycles. The van der Waals surface area contributed by atoms with Crippen LogP contribution in [0.5, 0.6) is 0 Å². The van der Waals surface area contributed by atoms with Crippen molar-refractivity contribution in [3.8, 4) is 0 Å². The summed E-state index contributed by atoms with van der Waals surface area (Å²) >= 11 is 0. The largest absolute Gasteiger partial charge is 0.339 e. The van der Waals surface area contributed by atoms with Crippen LogP contribution in [0.1, 0.15) is 22.4 Å². The molecule has 3 rings (SSSR count). The number of benzene rings is 2. The topological polar surface area (TPSA) is 30.9 Å². The summed E-state index contributed by atoms with van der Waals surface area (Å²) in [6, 6.07) is 17.3. The Balaban J connectivity index is 2.07. The van der Waals surface area contributed by atoms with Crippen molar-refractivity contribution in [2.75, 3.05) is 0 Å². The second-order valence-corrected chi connectivity index (χ2v) is 5.40. The maximum atomic E-state index is 5.90. The molecule has 0 aliphatic rings. The van der Waals surface area contributed by atoms with Crippen LogP contribution in [-0.4, -0.2) is 4.57 Å². The number of rotatable bonds is 3. The fourth-order valence-electron chi connectivity index (χ4n) is 2.71. The Morgan fingerprint density at radius 3 is 2.50 bits per heavy atom. The molecule has 3 aromatic rings. The normalized spacial score (nSPS) is 11.2. The van der Waals surface area contributed by atoms with Crippen LogP contribution in [0.25, 0.3) is 10.9 Å². The first-order valence-corrected chi connectivity index (χ1v) is 7.02. The van der Waals surface area contributed by atoms with Gasteiger partial charge in [0.25, 0.3) is 0 Å². The van der Waals surface area contributed by atoms with E-state index >= 15 is 0 Å². The zero-order chi connectivity index (χ0) is 14.1. The molecular formula is C18H20N2. The molecule has 0 spiro atoms. The monoisotopic (exact) mass is 264 g/mol. The highest BCUT2D eigenvalue weighted by atomic mass is 15.0. The second kappa shape index (κ2) is 5.14. The summed E-state index contributed by atoms with van der Waals surface area (Å²) in [4.78, 5) is 0. The van der Waals surface area contributed by atoms with E-state index in [9.17, 15) is 0 Å². The third-order valence-electron chi connectivity index (χ3n) is 4.02. The number of hydrogen-bond donors (Lipinski definition) is 1. The molecule has 0 amide bonds. The smallest absolute Gasteiger partial charge is 0.0486 e. The van der Waals surface area contributed by atoms with Crippen molar-refractivity contribution in [3.05, 3.63) is 70.9 Å². The summed E-state index contributed by atoms with van der Waals surface area (Å²) < 4.78 is 2.32. The summed E-state index contributed by atoms with van der Waals surface area (Å²) in [5, 5.41) is 1.26. The average molecular weight is 264 g/mol. The van der Waals surface area contributed by atoms with Gasteiger partial charge >= 0.3 is 0 Å². The molecule has 2 nitrogen and oxygen atoms in total. The van der Waals surface area contributed by atoms with Gasteiger partial charge in [0, 0.05) is 24.3 Å². The molecule has 0 saturated heterocycles. The Bertz CT molecular complexity index is 753. The van der Waals surface area contributed by atoms with Gasteiger partial charge in [-0.25, -0.2) is 0 Å². The van der Waals surface area contributed by atoms with Crippen molar-refractivity contribution in [1.82, 2.24) is 4.57 Å². The summed E-state index contributed by atoms with van der Waals surface area (Å²) in [6.07, 6.45) is 0. The zero-order valence-corrected chi connectivity index (χ0v) is 12.1. The number of aromatic nitrogens is 1. The SMILES string of the molecule is Cc1ccc(Cn2c(CN)cc3ccccc32)cc1C. The lowest BCUT2D eigenvalue weighted by molar-refractivity contribution is 0.767. The minimum atomic E-state index is 0.569. The Hall–Kier alpha value is -2.06. The number of nitrogens with zero attached hydrogens (tertiary/aromatic N) is 1. The van der Waals surface area contributed by atoms with Gasteiger partial charge in [0.15, 0.2) is 0 Å². The van der Waals surface area contributed by atoms with Crippen LogP contribution in [0.15, 0.2) is 48.5 Å². The van der Waals surface area contributed by atoms with Gasteiger partial charge in [0.05, 0.1) is 0 Å². The highest BCUT2D eigenvalue weighted by Crippen LogP contribution is 2.21. The van der Waals surface area contributed by atoms with Gasteiger partial charge in [0.1, 0.15) is 0 Å². The van der Waals surface area contributed by atoms with Gasteiger partial charge in [0.2, 0.25) is 0 Å². The standard InChI is InChI=1S/C18H20N2/c1-13-7-8-15(9-14(13)2)12-20-17(11-19)10-16-5-3-4-6-18(16)20/h3-10H,11-12,19H2,1-2H3. The Morgan fingerprint density at radius 1 is 0.950 bits per heavy atom. The molecule has 0 atom stereocenters. The van der Waals surface area contributed by atoms with Crippen LogP contribution in [-0.2, 0) is 13.1 Å². The first kappa shape index (κ1) is 12.9. The zero-order valence-electron chi connectivity index (χ0n) is 12.1. The van der Waals surface area contributed by atoms with Gasteiger partial charge in [-0.05, 0) is 48.1 Å². The number of para-hydroxylation sites is 1. The summed E-state index contributed by atoms with van der Waals surface area (Å²) in [5.74, 6) is 0. The number of hydrogen-bond acceptors (Lipinski definition) is 1. The highest BCUT2D eigenvalue weighted by molar-refractivity contribution is 5.81. The molecule has 2 aromatic carbocycles. The molecule has 1 aromatic heterocycles. The van der Waals surface area contributed by atoms with E-state index in [0.717, 1.165) is 6.54 Å². The van der Waals surface area contributed by atoms with E-state index in [1.807, 2.05) is 0 Å². The van der Waals surface area contributed by atoms with Gasteiger partial charge < -0.3 is 10.3 Å². The van der Waals surface area contributed by atoms with Crippen LogP contribution < -0.4 is 5.73 Å². The quantitative estimate of drug-likeness (QED) is 0.767. The molecule has 2 N–H and O–H groups in total. The van der Waals surface area contributed by atoms with Crippen molar-refractivity contribution < 1.29 is 0 Å². The molecule has 1 heterocycles. The average Bonchev–Trinajstić information content (AvgIpc) is 2.81. The summed E-state index contributed by atoms with van der Waals surface area (Å²) in [6.45, 7) is 5.76. The molecule has 0 bridgehead atoms. The minimum Gasteiger partial charge on any atom is -0.339 e. The molecule has 20 heavy (non-hydrogen) atoms. The fourth-order valence-corrected chi connectivity index (χ4v) is 2.71. The van der Waals surface area contributed by atoms with Crippen LogP contribution in [0, 0.1) is 13.8 Å². The van der Waals surface area contributed by atoms with Crippen LogP contribution in [0.4, 0.5) is 0 Å². The molecule has 0 aliphatic carbocycles. The first-order valence-electron chi connectivity index (χ1n) is 7.02. The lowest BCUT2D eigenvalue weighted by atomic mass is 10.1. The van der Waals surface area contributed by atoms with Gasteiger partial charge in [-0.3, -0.25) is 0 Å². The molecule has 0 fully saturated rings. The van der Waals surface area contributed by atoms with E-state index in [4.69, 9.17) is 5.73 Å². The second-order valence-electron chi connectivity index (χ2n) is 5.40. The van der Waals surface area contributed by atoms with Crippen molar-refractivity contribution in [1.29, 1.82) is 0 Å². The molecular weight excluding hydrogens is 244 g/mol. The fraction of sp³-hybridized carbons (Fsp3) is 0.222. The van der Waals surface area contributed by atoms with Gasteiger partial charge in [-0.1, -0.05) is 36.4 Å². The van der Waals surface area contributed by atoms with Gasteiger partial charge in [-0.2, -0.15) is 0 Å². The maximum absolute atomic E-state index is 5.90. The van der Waals surface area contributed by atoms with Crippen LogP contribution >= 0.6 is 0 Å². The Labute approximate surface area is 119 Å². The Morgan fingerprint density at radius 2 is 1.75 bits per heavy atom. The van der Waals surface area contributed by atoms with Crippen LogP contribution in [0.3, 0.4) is 0 Å². The van der Waals surface area contributed by atoms with E-state index < -0.39 is 0 Å². The predicted molar refractivity (Wildman–Crippen MR) is 84.8 cm³/mol. The number of aryl methyl sites for hydroxylation is 2. The third-order valence-corrected chi connectivity index (χ3v) is 4.02. The van der Waals surface area contributed by atoms with Crippen molar-refractivity contribution in [2.45, 2.75) is 26.9 Å². The highest BCUT2D eigenvalue weighted by Gasteiger charge is 2.08. The maximum Gasteiger partial charge on any atom is 0.0486 e. The molecule has 0 unspecified atom stereocenters. The first-order chi connectivity index (χ1) is 9.69. The van der Waals surface area contributed by atoms with Gasteiger partial charge in [-0.15, -0.1) is 0 Å². The third kappa shape index (κ3) is 2.23. The molecule has 2 heteroatoms. The Kier molecular flexibility index (Phi) is 3.33. The van der Waals surface area contributed by atoms with E-state index in [-0.39, 0.29) is 0 Å². The van der Waals surface area contributed by atoms with E-state index in [1.54, 1.807) is 0 Å². The molecule has 0 radical (unpaired) electrons. The van der Waals surface area contributed by atoms with Crippen LogP contribution in [0.2, 0.25) is 0 Å². The van der Waals surface area contributed by atoms with E-state index in [0.29, 0.717) is 6.54 Å². The summed E-state index contributed by atoms with van der Waals surface area (Å²) in [5.41, 5.74) is 12.3. The summed E-state index contributed by atoms with van der Waals surface area (Å²) in [7, 11) is 0. The molecule has 102 valence electrons. The number of fused-ring (bicyclic) bond motifs is 1. The lowest BCUT2D eigenvalue weighted by Crippen LogP contribution is -2.08. The van der Waals surface area contributed by atoms with E-state index in [2.05, 4.69) is 66.9 Å².